The van der Waals surface area contributed by atoms with Crippen LogP contribution in [-0.2, 0) is 6.54 Å². The first-order chi connectivity index (χ1) is 6.24. The van der Waals surface area contributed by atoms with Crippen LogP contribution in [0.2, 0.25) is 5.02 Å². The van der Waals surface area contributed by atoms with Crippen LogP contribution in [0.5, 0.6) is 0 Å². The second kappa shape index (κ2) is 3.07. The minimum absolute atomic E-state index is 0.0451. The average Bonchev–Trinajstić information content (AvgIpc) is 2.49. The summed E-state index contributed by atoms with van der Waals surface area (Å²) in [7, 11) is 0. The van der Waals surface area contributed by atoms with E-state index < -0.39 is 0 Å². The molecule has 0 N–H and O–H groups in total. The maximum Gasteiger partial charge on any atom is 0.272 e. The third kappa shape index (κ3) is 1.23. The van der Waals surface area contributed by atoms with Crippen molar-refractivity contribution in [2.75, 3.05) is 13.1 Å². The van der Waals surface area contributed by atoms with Crippen LogP contribution in [0.4, 0.5) is 0 Å². The maximum absolute atomic E-state index is 11.8. The van der Waals surface area contributed by atoms with E-state index in [2.05, 4.69) is 0 Å². The summed E-state index contributed by atoms with van der Waals surface area (Å²) in [6.45, 7) is 4.36. The van der Waals surface area contributed by atoms with Crippen molar-refractivity contribution in [1.29, 1.82) is 0 Å². The number of likely N-dealkylation sites (N-methyl/N-ethyl adjacent to an activating group) is 1. The van der Waals surface area contributed by atoms with Gasteiger partial charge >= 0.3 is 0 Å². The number of halogens is 1. The van der Waals surface area contributed by atoms with Gasteiger partial charge in [-0.2, -0.15) is 0 Å². The molecule has 1 aromatic rings. The molecule has 0 bridgehead atoms. The molecule has 13 heavy (non-hydrogen) atoms. The van der Waals surface area contributed by atoms with Gasteiger partial charge in [0.25, 0.3) is 5.91 Å². The van der Waals surface area contributed by atoms with Gasteiger partial charge < -0.3 is 9.47 Å². The van der Waals surface area contributed by atoms with Gasteiger partial charge in [0.2, 0.25) is 0 Å². The van der Waals surface area contributed by atoms with E-state index in [1.807, 2.05) is 17.7 Å². The Balaban J connectivity index is 2.43. The Labute approximate surface area is 81.9 Å². The van der Waals surface area contributed by atoms with E-state index >= 15 is 0 Å². The van der Waals surface area contributed by atoms with Gasteiger partial charge in [0.1, 0.15) is 5.69 Å². The molecule has 0 aromatic carbocycles. The predicted octanol–water partition coefficient (Wildman–Crippen LogP) is 1.62. The highest BCUT2D eigenvalue weighted by molar-refractivity contribution is 6.33. The van der Waals surface area contributed by atoms with Crippen LogP contribution < -0.4 is 0 Å². The van der Waals surface area contributed by atoms with Gasteiger partial charge in [-0.1, -0.05) is 11.6 Å². The van der Waals surface area contributed by atoms with Crippen molar-refractivity contribution in [3.8, 4) is 0 Å². The van der Waals surface area contributed by atoms with Crippen molar-refractivity contribution >= 4 is 17.5 Å². The molecule has 2 rings (SSSR count). The largest absolute Gasteiger partial charge is 0.340 e. The smallest absolute Gasteiger partial charge is 0.272 e. The molecule has 3 nitrogen and oxygen atoms in total. The van der Waals surface area contributed by atoms with Crippen LogP contribution in [0, 0.1) is 0 Å². The molecule has 0 unspecified atom stereocenters. The molecular weight excluding hydrogens is 188 g/mol. The Kier molecular flexibility index (Phi) is 2.04. The minimum Gasteiger partial charge on any atom is -0.340 e. The van der Waals surface area contributed by atoms with E-state index in [4.69, 9.17) is 11.6 Å². The van der Waals surface area contributed by atoms with E-state index in [0.717, 1.165) is 19.6 Å². The number of fused-ring (bicyclic) bond motifs is 1. The van der Waals surface area contributed by atoms with Crippen molar-refractivity contribution in [1.82, 2.24) is 9.47 Å². The van der Waals surface area contributed by atoms with E-state index in [1.54, 1.807) is 11.0 Å². The molecule has 0 saturated heterocycles. The highest BCUT2D eigenvalue weighted by Gasteiger charge is 2.25. The second-order valence-electron chi connectivity index (χ2n) is 3.09. The summed E-state index contributed by atoms with van der Waals surface area (Å²) in [5, 5.41) is 0.558. The molecule has 1 aromatic heterocycles. The lowest BCUT2D eigenvalue weighted by Crippen LogP contribution is -2.39. The van der Waals surface area contributed by atoms with E-state index in [0.29, 0.717) is 10.7 Å². The summed E-state index contributed by atoms with van der Waals surface area (Å²) in [5.74, 6) is 0.0451. The molecule has 0 spiro atoms. The van der Waals surface area contributed by atoms with Gasteiger partial charge in [0, 0.05) is 25.8 Å². The quantitative estimate of drug-likeness (QED) is 0.673. The Hall–Kier alpha value is -0.960. The molecule has 70 valence electrons. The number of carbonyl (C=O) groups is 1. The van der Waals surface area contributed by atoms with E-state index in [-0.39, 0.29) is 5.91 Å². The number of rotatable bonds is 1. The average molecular weight is 199 g/mol. The number of hydrogen-bond donors (Lipinski definition) is 0. The zero-order valence-electron chi connectivity index (χ0n) is 7.46. The Morgan fingerprint density at radius 3 is 3.00 bits per heavy atom. The van der Waals surface area contributed by atoms with Gasteiger partial charge in [0.15, 0.2) is 0 Å². The first-order valence-electron chi connectivity index (χ1n) is 4.38. The second-order valence-corrected chi connectivity index (χ2v) is 3.50. The Morgan fingerprint density at radius 2 is 2.31 bits per heavy atom. The molecule has 0 atom stereocenters. The van der Waals surface area contributed by atoms with Crippen LogP contribution in [0.15, 0.2) is 12.3 Å². The lowest BCUT2D eigenvalue weighted by Gasteiger charge is -2.27. The lowest BCUT2D eigenvalue weighted by atomic mass is 10.3. The number of amides is 1. The number of carbonyl (C=O) groups excluding carboxylic acids is 1. The van der Waals surface area contributed by atoms with Crippen LogP contribution >= 0.6 is 11.6 Å². The fourth-order valence-corrected chi connectivity index (χ4v) is 1.88. The molecule has 2 heterocycles. The van der Waals surface area contributed by atoms with Crippen LogP contribution in [0.3, 0.4) is 0 Å². The molecule has 4 heteroatoms. The van der Waals surface area contributed by atoms with Crippen molar-refractivity contribution in [2.45, 2.75) is 13.5 Å². The first kappa shape index (κ1) is 8.63. The fraction of sp³-hybridized carbons (Fsp3) is 0.444. The van der Waals surface area contributed by atoms with Gasteiger partial charge in [-0.15, -0.1) is 0 Å². The number of nitrogens with zero attached hydrogens (tertiary/aromatic N) is 2. The van der Waals surface area contributed by atoms with Crippen LogP contribution in [0.1, 0.15) is 17.4 Å². The summed E-state index contributed by atoms with van der Waals surface area (Å²) in [4.78, 5) is 13.6. The van der Waals surface area contributed by atoms with Gasteiger partial charge in [-0.25, -0.2) is 0 Å². The van der Waals surface area contributed by atoms with Gasteiger partial charge in [-0.05, 0) is 13.0 Å². The van der Waals surface area contributed by atoms with Gasteiger partial charge in [-0.3, -0.25) is 4.79 Å². The molecule has 1 amide bonds. The summed E-state index contributed by atoms with van der Waals surface area (Å²) in [5.41, 5.74) is 0.634. The molecule has 0 radical (unpaired) electrons. The predicted molar refractivity (Wildman–Crippen MR) is 51.0 cm³/mol. The molecule has 1 aliphatic rings. The lowest BCUT2D eigenvalue weighted by molar-refractivity contribution is 0.0715. The van der Waals surface area contributed by atoms with Crippen LogP contribution in [-0.4, -0.2) is 28.5 Å². The number of aromatic nitrogens is 1. The first-order valence-corrected chi connectivity index (χ1v) is 4.75. The maximum atomic E-state index is 11.8. The fourth-order valence-electron chi connectivity index (χ4n) is 1.64. The molecular formula is C9H11ClN2O. The van der Waals surface area contributed by atoms with E-state index in [9.17, 15) is 4.79 Å². The van der Waals surface area contributed by atoms with Crippen LogP contribution in [0.25, 0.3) is 0 Å². The van der Waals surface area contributed by atoms with Crippen molar-refractivity contribution in [3.05, 3.63) is 23.0 Å². The summed E-state index contributed by atoms with van der Waals surface area (Å²) < 4.78 is 1.91. The highest BCUT2D eigenvalue weighted by atomic mass is 35.5. The molecule has 0 fully saturated rings. The zero-order valence-corrected chi connectivity index (χ0v) is 8.21. The van der Waals surface area contributed by atoms with Gasteiger partial charge in [0.05, 0.1) is 5.02 Å². The normalized spacial score (nSPS) is 16.2. The topological polar surface area (TPSA) is 25.2 Å². The standard InChI is InChI=1S/C9H11ClN2O/c1-2-11-5-6-12-4-3-7(10)8(12)9(11)13/h3-4H,2,5-6H2,1H3. The summed E-state index contributed by atoms with van der Waals surface area (Å²) >= 11 is 5.91. The van der Waals surface area contributed by atoms with Crippen molar-refractivity contribution in [3.63, 3.8) is 0 Å². The third-order valence-corrected chi connectivity index (χ3v) is 2.70. The molecule has 0 saturated carbocycles. The third-order valence-electron chi connectivity index (χ3n) is 2.40. The Bertz CT molecular complexity index is 345. The van der Waals surface area contributed by atoms with Crippen molar-refractivity contribution in [2.24, 2.45) is 0 Å². The highest BCUT2D eigenvalue weighted by Crippen LogP contribution is 2.22. The molecule has 0 aliphatic carbocycles. The van der Waals surface area contributed by atoms with Crippen molar-refractivity contribution < 1.29 is 4.79 Å². The number of hydrogen-bond acceptors (Lipinski definition) is 1. The Morgan fingerprint density at radius 1 is 1.54 bits per heavy atom. The SMILES string of the molecule is CCN1CCn2ccc(Cl)c2C1=O. The summed E-state index contributed by atoms with van der Waals surface area (Å²) in [6, 6.07) is 1.77. The van der Waals surface area contributed by atoms with E-state index in [1.165, 1.54) is 0 Å². The minimum atomic E-state index is 0.0451. The molecule has 1 aliphatic heterocycles. The monoisotopic (exact) mass is 198 g/mol. The zero-order chi connectivity index (χ0) is 9.42. The summed E-state index contributed by atoms with van der Waals surface area (Å²) in [6.07, 6.45) is 1.86.